The van der Waals surface area contributed by atoms with Crippen molar-refractivity contribution in [2.75, 3.05) is 12.3 Å². The third-order valence-corrected chi connectivity index (χ3v) is 2.33. The van der Waals surface area contributed by atoms with Crippen molar-refractivity contribution in [3.8, 4) is 0 Å². The summed E-state index contributed by atoms with van der Waals surface area (Å²) in [6.07, 6.45) is 3.57. The van der Waals surface area contributed by atoms with Crippen LogP contribution < -0.4 is 5.73 Å². The van der Waals surface area contributed by atoms with E-state index in [1.807, 2.05) is 30.3 Å². The highest BCUT2D eigenvalue weighted by Gasteiger charge is 2.11. The molecule has 0 aliphatic heterocycles. The molecule has 0 aliphatic carbocycles. The topological polar surface area (TPSA) is 93.9 Å². The molecule has 6 heteroatoms. The number of nitrogen functional groups attached to an aromatic ring is 1. The number of aromatic amines is 1. The molecule has 1 aromatic heterocycles. The van der Waals surface area contributed by atoms with Gasteiger partial charge < -0.3 is 10.5 Å². The Hall–Kier alpha value is -2.63. The zero-order valence-electron chi connectivity index (χ0n) is 10.5. The Kier molecular flexibility index (Phi) is 3.92. The van der Waals surface area contributed by atoms with Crippen LogP contribution in [0.1, 0.15) is 28.9 Å². The number of hydrogen-bond donors (Lipinski definition) is 2. The van der Waals surface area contributed by atoms with Crippen molar-refractivity contribution in [3.63, 3.8) is 0 Å². The van der Waals surface area contributed by atoms with Crippen LogP contribution in [0.4, 0.5) is 5.69 Å². The highest BCUT2D eigenvalue weighted by Crippen LogP contribution is 2.08. The first-order chi connectivity index (χ1) is 9.19. The summed E-state index contributed by atoms with van der Waals surface area (Å²) in [6.45, 7) is 2.02. The fourth-order valence-corrected chi connectivity index (χ4v) is 1.42. The number of aromatic nitrogens is 3. The zero-order valence-corrected chi connectivity index (χ0v) is 10.5. The summed E-state index contributed by atoms with van der Waals surface area (Å²) in [6, 6.07) is 7.39. The van der Waals surface area contributed by atoms with Gasteiger partial charge >= 0.3 is 5.97 Å². The van der Waals surface area contributed by atoms with E-state index in [0.717, 1.165) is 5.56 Å². The molecule has 0 bridgehead atoms. The Morgan fingerprint density at radius 1 is 1.37 bits per heavy atom. The van der Waals surface area contributed by atoms with Gasteiger partial charge in [0.2, 0.25) is 0 Å². The number of rotatable bonds is 4. The van der Waals surface area contributed by atoms with Gasteiger partial charge in [0, 0.05) is 5.69 Å². The molecule has 6 nitrogen and oxygen atoms in total. The summed E-state index contributed by atoms with van der Waals surface area (Å²) in [5.41, 5.74) is 7.28. The summed E-state index contributed by atoms with van der Waals surface area (Å²) >= 11 is 0. The molecule has 0 amide bonds. The summed E-state index contributed by atoms with van der Waals surface area (Å²) in [5, 5.41) is 6.43. The lowest BCUT2D eigenvalue weighted by Gasteiger charge is -1.94. The second-order valence-electron chi connectivity index (χ2n) is 3.76. The molecule has 0 saturated carbocycles. The van der Waals surface area contributed by atoms with E-state index in [1.165, 1.54) is 0 Å². The van der Waals surface area contributed by atoms with Crippen LogP contribution >= 0.6 is 0 Å². The van der Waals surface area contributed by atoms with Crippen molar-refractivity contribution in [1.29, 1.82) is 0 Å². The van der Waals surface area contributed by atoms with Gasteiger partial charge in [-0.25, -0.2) is 9.78 Å². The van der Waals surface area contributed by atoms with Gasteiger partial charge in [-0.1, -0.05) is 18.2 Å². The Bertz CT molecular complexity index is 587. The van der Waals surface area contributed by atoms with Crippen molar-refractivity contribution >= 4 is 23.8 Å². The van der Waals surface area contributed by atoms with Gasteiger partial charge in [0.25, 0.3) is 5.82 Å². The maximum absolute atomic E-state index is 11.4. The molecule has 0 atom stereocenters. The zero-order chi connectivity index (χ0) is 13.7. The maximum Gasteiger partial charge on any atom is 0.378 e. The molecule has 2 aromatic rings. The minimum Gasteiger partial charge on any atom is -0.460 e. The lowest BCUT2D eigenvalue weighted by molar-refractivity contribution is 0.0512. The molecule has 19 heavy (non-hydrogen) atoms. The van der Waals surface area contributed by atoms with Gasteiger partial charge in [0.05, 0.1) is 6.61 Å². The number of esters is 1. The average molecular weight is 258 g/mol. The number of hydrogen-bond acceptors (Lipinski definition) is 5. The Morgan fingerprint density at radius 2 is 2.11 bits per heavy atom. The van der Waals surface area contributed by atoms with Gasteiger partial charge in [-0.3, -0.25) is 5.10 Å². The summed E-state index contributed by atoms with van der Waals surface area (Å²) in [7, 11) is 0. The van der Waals surface area contributed by atoms with E-state index in [1.54, 1.807) is 13.0 Å². The predicted octanol–water partition coefficient (Wildman–Crippen LogP) is 1.73. The van der Waals surface area contributed by atoms with E-state index in [9.17, 15) is 4.79 Å². The molecule has 0 radical (unpaired) electrons. The fourth-order valence-electron chi connectivity index (χ4n) is 1.42. The summed E-state index contributed by atoms with van der Waals surface area (Å²) in [4.78, 5) is 15.4. The molecular weight excluding hydrogens is 244 g/mol. The highest BCUT2D eigenvalue weighted by molar-refractivity contribution is 5.85. The molecule has 0 saturated heterocycles. The van der Waals surface area contributed by atoms with Crippen LogP contribution in [0.5, 0.6) is 0 Å². The number of carbonyl (C=O) groups excluding carboxylic acids is 1. The van der Waals surface area contributed by atoms with Crippen LogP contribution in [0.25, 0.3) is 12.2 Å². The van der Waals surface area contributed by atoms with Crippen molar-refractivity contribution in [2.45, 2.75) is 6.92 Å². The molecule has 1 aromatic carbocycles. The molecular formula is C13H14N4O2. The molecule has 1 heterocycles. The summed E-state index contributed by atoms with van der Waals surface area (Å²) in [5.74, 6) is -0.0235. The molecule has 98 valence electrons. The minimum absolute atomic E-state index is 0.0267. The monoisotopic (exact) mass is 258 g/mol. The third-order valence-electron chi connectivity index (χ3n) is 2.33. The summed E-state index contributed by atoms with van der Waals surface area (Å²) < 4.78 is 4.80. The molecule has 3 N–H and O–H groups in total. The van der Waals surface area contributed by atoms with Gasteiger partial charge in [0.15, 0.2) is 0 Å². The third kappa shape index (κ3) is 3.41. The van der Waals surface area contributed by atoms with Crippen LogP contribution in [0.15, 0.2) is 24.3 Å². The van der Waals surface area contributed by atoms with Crippen LogP contribution in [0, 0.1) is 0 Å². The van der Waals surface area contributed by atoms with Gasteiger partial charge in [0.1, 0.15) is 5.82 Å². The maximum atomic E-state index is 11.4. The number of nitrogens with one attached hydrogen (secondary N) is 1. The number of ether oxygens (including phenoxy) is 1. The average Bonchev–Trinajstić information content (AvgIpc) is 2.87. The Labute approximate surface area is 110 Å². The van der Waals surface area contributed by atoms with Crippen LogP contribution in [-0.2, 0) is 4.74 Å². The second kappa shape index (κ2) is 5.81. The second-order valence-corrected chi connectivity index (χ2v) is 3.76. The van der Waals surface area contributed by atoms with Crippen molar-refractivity contribution in [1.82, 2.24) is 15.2 Å². The number of carbonyl (C=O) groups is 1. The Morgan fingerprint density at radius 3 is 2.79 bits per heavy atom. The lowest BCUT2D eigenvalue weighted by atomic mass is 10.2. The SMILES string of the molecule is CCOC(=O)c1n[nH]c(/C=C/c2ccc(N)cc2)n1. The van der Waals surface area contributed by atoms with Crippen LogP contribution in [0.2, 0.25) is 0 Å². The van der Waals surface area contributed by atoms with E-state index < -0.39 is 5.97 Å². The Balaban J connectivity index is 2.07. The van der Waals surface area contributed by atoms with E-state index in [-0.39, 0.29) is 5.82 Å². The van der Waals surface area contributed by atoms with Gasteiger partial charge in [-0.15, -0.1) is 5.10 Å². The van der Waals surface area contributed by atoms with E-state index in [4.69, 9.17) is 10.5 Å². The normalized spacial score (nSPS) is 10.8. The van der Waals surface area contributed by atoms with Gasteiger partial charge in [-0.05, 0) is 30.7 Å². The molecule has 0 aliphatic rings. The standard InChI is InChI=1S/C13H14N4O2/c1-2-19-13(18)12-15-11(16-17-12)8-5-9-3-6-10(14)7-4-9/h3-8H,2,14H2,1H3,(H,15,16,17)/b8-5+. The quantitative estimate of drug-likeness (QED) is 0.643. The molecule has 0 spiro atoms. The van der Waals surface area contributed by atoms with Crippen LogP contribution in [-0.4, -0.2) is 27.8 Å². The first-order valence-electron chi connectivity index (χ1n) is 5.82. The first-order valence-corrected chi connectivity index (χ1v) is 5.82. The van der Waals surface area contributed by atoms with E-state index in [2.05, 4.69) is 15.2 Å². The van der Waals surface area contributed by atoms with E-state index >= 15 is 0 Å². The smallest absolute Gasteiger partial charge is 0.378 e. The fraction of sp³-hybridized carbons (Fsp3) is 0.154. The number of nitrogens with zero attached hydrogens (tertiary/aromatic N) is 2. The number of H-pyrrole nitrogens is 1. The first kappa shape index (κ1) is 12.8. The van der Waals surface area contributed by atoms with Gasteiger partial charge in [-0.2, -0.15) is 0 Å². The predicted molar refractivity (Wildman–Crippen MR) is 72.1 cm³/mol. The minimum atomic E-state index is -0.536. The van der Waals surface area contributed by atoms with Crippen molar-refractivity contribution < 1.29 is 9.53 Å². The lowest BCUT2D eigenvalue weighted by Crippen LogP contribution is -2.06. The number of anilines is 1. The molecule has 0 fully saturated rings. The van der Waals surface area contributed by atoms with Crippen molar-refractivity contribution in [3.05, 3.63) is 41.5 Å². The highest BCUT2D eigenvalue weighted by atomic mass is 16.5. The van der Waals surface area contributed by atoms with Crippen LogP contribution in [0.3, 0.4) is 0 Å². The largest absolute Gasteiger partial charge is 0.460 e. The number of nitrogens with two attached hydrogens (primary N) is 1. The van der Waals surface area contributed by atoms with E-state index in [0.29, 0.717) is 18.1 Å². The molecule has 0 unspecified atom stereocenters. The molecule has 2 rings (SSSR count). The number of benzene rings is 1. The van der Waals surface area contributed by atoms with Crippen molar-refractivity contribution in [2.24, 2.45) is 0 Å².